The van der Waals surface area contributed by atoms with E-state index < -0.39 is 11.9 Å². The van der Waals surface area contributed by atoms with Crippen molar-refractivity contribution in [1.29, 1.82) is 0 Å². The minimum absolute atomic E-state index is 0.0291. The number of H-pyrrole nitrogens is 1. The Kier molecular flexibility index (Phi) is 23.3. The number of amides is 3. The van der Waals surface area contributed by atoms with Gasteiger partial charge in [-0.2, -0.15) is 0 Å². The third-order valence-corrected chi connectivity index (χ3v) is 12.4. The lowest BCUT2D eigenvalue weighted by molar-refractivity contribution is -0.141. The number of unbranched alkanes of at least 4 members (excludes halogenated alkanes) is 1. The first kappa shape index (κ1) is 55.0. The number of benzene rings is 3. The van der Waals surface area contributed by atoms with Gasteiger partial charge in [0.05, 0.1) is 58.5 Å². The van der Waals surface area contributed by atoms with Gasteiger partial charge >= 0.3 is 0 Å². The molecule has 5 aromatic rings. The number of anilines is 1. The normalized spacial score (nSPS) is 12.8. The maximum atomic E-state index is 14.2. The lowest BCUT2D eigenvalue weighted by Crippen LogP contribution is -2.47. The van der Waals surface area contributed by atoms with E-state index in [0.717, 1.165) is 66.4 Å². The summed E-state index contributed by atoms with van der Waals surface area (Å²) >= 11 is 6.06. The number of likely N-dealkylation sites (tertiary alicyclic amines) is 1. The number of hydrogen-bond acceptors (Lipinski definition) is 13. The van der Waals surface area contributed by atoms with E-state index in [1.54, 1.807) is 27.8 Å². The number of likely N-dealkylation sites (N-methyl/N-ethyl adjacent to an activating group) is 1. The van der Waals surface area contributed by atoms with Gasteiger partial charge in [0.1, 0.15) is 24.1 Å². The van der Waals surface area contributed by atoms with Crippen molar-refractivity contribution < 1.29 is 38.1 Å². The molecule has 1 saturated heterocycles. The summed E-state index contributed by atoms with van der Waals surface area (Å²) in [5.74, 6) is 0.931. The molecular weight excluding hydrogens is 942 g/mol. The van der Waals surface area contributed by atoms with Crippen LogP contribution in [0, 0.1) is 0 Å². The molecule has 0 radical (unpaired) electrons. The molecule has 3 amide bonds. The third kappa shape index (κ3) is 19.4. The Morgan fingerprint density at radius 1 is 0.764 bits per heavy atom. The van der Waals surface area contributed by atoms with Crippen LogP contribution in [0.1, 0.15) is 60.5 Å². The fraction of sp³-hybridized carbons (Fsp3) is 0.472. The highest BCUT2D eigenvalue weighted by molar-refractivity contribution is 6.30. The lowest BCUT2D eigenvalue weighted by Gasteiger charge is -2.33. The number of hydrogen-bond donors (Lipinski definition) is 3. The Bertz CT molecular complexity index is 2420. The van der Waals surface area contributed by atoms with Crippen LogP contribution in [0.15, 0.2) is 102 Å². The van der Waals surface area contributed by atoms with Crippen molar-refractivity contribution in [2.75, 3.05) is 105 Å². The number of rotatable bonds is 34. The fourth-order valence-electron chi connectivity index (χ4n) is 7.93. The van der Waals surface area contributed by atoms with Crippen molar-refractivity contribution in [2.45, 2.75) is 64.1 Å². The predicted octanol–water partition coefficient (Wildman–Crippen LogP) is 5.57. The largest absolute Gasteiger partial charge is 0.494 e. The topological polar surface area (TPSA) is 195 Å². The Hall–Kier alpha value is -6.31. The molecule has 0 bridgehead atoms. The standard InChI is InChI=1S/C53H70ClN9O9/c1-55-45-15-19-48(20-16-45)72-37-36-70-33-29-62-40-46(58-59-62)23-31-68-34-35-69-32-28-60(2)24-3-4-30-71-47-17-9-41(10-18-47)11-22-51(66)63(27-26-61-25-5-6-50(61)65)52(43-12-21-49(64)56-39-43)53(67)57-38-42-7-13-44(54)14-8-42/h7-10,12-21,39-40,52,55H,3-6,11,22-38H2,1-2H3,(H,56,64)(H,57,67). The number of aromatic nitrogens is 4. The van der Waals surface area contributed by atoms with Crippen molar-refractivity contribution in [2.24, 2.45) is 0 Å². The zero-order valence-corrected chi connectivity index (χ0v) is 42.4. The smallest absolute Gasteiger partial charge is 0.247 e. The minimum Gasteiger partial charge on any atom is -0.494 e. The van der Waals surface area contributed by atoms with E-state index >= 15 is 0 Å². The average Bonchev–Trinajstić information content (AvgIpc) is 4.04. The lowest BCUT2D eigenvalue weighted by atomic mass is 10.0. The van der Waals surface area contributed by atoms with Gasteiger partial charge in [0, 0.05) is 93.8 Å². The molecule has 1 unspecified atom stereocenters. The maximum Gasteiger partial charge on any atom is 0.247 e. The SMILES string of the molecule is CNc1ccc(OCCOCCn2cc(CCOCCOCCN(C)CCCCOc3ccc(CCC(=O)N(CCN4CCCC4=O)C(C(=O)NCc4ccc(Cl)cc4)c4ccc(=O)[nH]c4)cc3)nn2)cc1. The number of carbonyl (C=O) groups excluding carboxylic acids is 3. The van der Waals surface area contributed by atoms with E-state index in [-0.39, 0.29) is 36.9 Å². The number of nitrogens with zero attached hydrogens (tertiary/aromatic N) is 6. The molecule has 0 aliphatic carbocycles. The molecule has 388 valence electrons. The molecule has 1 atom stereocenters. The first-order valence-electron chi connectivity index (χ1n) is 24.8. The second-order valence-electron chi connectivity index (χ2n) is 17.5. The van der Waals surface area contributed by atoms with Gasteiger partial charge < -0.3 is 54.0 Å². The van der Waals surface area contributed by atoms with Crippen LogP contribution in [0.25, 0.3) is 0 Å². The second-order valence-corrected chi connectivity index (χ2v) is 17.9. The highest BCUT2D eigenvalue weighted by atomic mass is 35.5. The van der Waals surface area contributed by atoms with Crippen LogP contribution in [0.2, 0.25) is 5.02 Å². The molecule has 2 aromatic heterocycles. The quantitative estimate of drug-likeness (QED) is 0.0434. The fourth-order valence-corrected chi connectivity index (χ4v) is 8.06. The summed E-state index contributed by atoms with van der Waals surface area (Å²) in [6.45, 7) is 7.87. The minimum atomic E-state index is -1.05. The molecule has 0 spiro atoms. The van der Waals surface area contributed by atoms with E-state index in [1.165, 1.54) is 17.2 Å². The van der Waals surface area contributed by atoms with E-state index in [0.29, 0.717) is 102 Å². The molecule has 0 saturated carbocycles. The number of pyridine rings is 1. The first-order chi connectivity index (χ1) is 35.1. The van der Waals surface area contributed by atoms with Gasteiger partial charge in [-0.05, 0) is 105 Å². The molecule has 19 heteroatoms. The number of nitrogens with one attached hydrogen (secondary N) is 3. The summed E-state index contributed by atoms with van der Waals surface area (Å²) < 4.78 is 30.7. The van der Waals surface area contributed by atoms with Crippen molar-refractivity contribution >= 4 is 35.0 Å². The van der Waals surface area contributed by atoms with E-state index in [4.69, 9.17) is 35.3 Å². The predicted molar refractivity (Wildman–Crippen MR) is 275 cm³/mol. The van der Waals surface area contributed by atoms with E-state index in [1.807, 2.05) is 73.9 Å². The summed E-state index contributed by atoms with van der Waals surface area (Å²) in [7, 11) is 3.96. The van der Waals surface area contributed by atoms with Gasteiger partial charge in [0.15, 0.2) is 0 Å². The van der Waals surface area contributed by atoms with Crippen molar-refractivity contribution in [3.05, 3.63) is 135 Å². The van der Waals surface area contributed by atoms with Gasteiger partial charge in [-0.25, -0.2) is 4.68 Å². The molecule has 1 aliphatic heterocycles. The van der Waals surface area contributed by atoms with Crippen LogP contribution in [0.3, 0.4) is 0 Å². The Morgan fingerprint density at radius 2 is 1.47 bits per heavy atom. The van der Waals surface area contributed by atoms with Gasteiger partial charge in [-0.1, -0.05) is 41.1 Å². The van der Waals surface area contributed by atoms with Gasteiger partial charge in [0.25, 0.3) is 0 Å². The van der Waals surface area contributed by atoms with Crippen LogP contribution in [0.4, 0.5) is 5.69 Å². The average molecular weight is 1010 g/mol. The molecular formula is C53H70ClN9O9. The Labute approximate surface area is 427 Å². The van der Waals surface area contributed by atoms with Crippen LogP contribution in [-0.4, -0.2) is 152 Å². The zero-order chi connectivity index (χ0) is 50.8. The number of ether oxygens (including phenoxy) is 5. The second kappa shape index (κ2) is 30.5. The summed E-state index contributed by atoms with van der Waals surface area (Å²) in [6.07, 6.45) is 7.70. The summed E-state index contributed by atoms with van der Waals surface area (Å²) in [4.78, 5) is 60.9. The molecule has 3 aromatic carbocycles. The highest BCUT2D eigenvalue weighted by Crippen LogP contribution is 2.24. The Balaban J connectivity index is 0.819. The zero-order valence-electron chi connectivity index (χ0n) is 41.6. The molecule has 6 rings (SSSR count). The van der Waals surface area contributed by atoms with Crippen LogP contribution < -0.4 is 25.7 Å². The monoisotopic (exact) mass is 1010 g/mol. The molecule has 3 heterocycles. The maximum absolute atomic E-state index is 14.2. The molecule has 3 N–H and O–H groups in total. The van der Waals surface area contributed by atoms with Crippen molar-refractivity contribution in [3.63, 3.8) is 0 Å². The van der Waals surface area contributed by atoms with Crippen molar-refractivity contribution in [3.8, 4) is 11.5 Å². The highest BCUT2D eigenvalue weighted by Gasteiger charge is 2.33. The van der Waals surface area contributed by atoms with Gasteiger partial charge in [-0.3, -0.25) is 19.2 Å². The van der Waals surface area contributed by atoms with Crippen molar-refractivity contribution in [1.82, 2.24) is 40.0 Å². The number of halogens is 1. The van der Waals surface area contributed by atoms with E-state index in [2.05, 4.69) is 37.9 Å². The number of aromatic amines is 1. The summed E-state index contributed by atoms with van der Waals surface area (Å²) in [5.41, 5.74) is 3.82. The summed E-state index contributed by atoms with van der Waals surface area (Å²) in [5, 5.41) is 15.0. The number of carbonyl (C=O) groups is 3. The van der Waals surface area contributed by atoms with Crippen LogP contribution >= 0.6 is 11.6 Å². The van der Waals surface area contributed by atoms with Gasteiger partial charge in [-0.15, -0.1) is 5.10 Å². The number of aryl methyl sites for hydroxylation is 1. The van der Waals surface area contributed by atoms with Crippen LogP contribution in [-0.2, 0) is 54.5 Å². The first-order valence-corrected chi connectivity index (χ1v) is 25.2. The van der Waals surface area contributed by atoms with Crippen LogP contribution in [0.5, 0.6) is 11.5 Å². The van der Waals surface area contributed by atoms with E-state index in [9.17, 15) is 19.2 Å². The molecule has 1 fully saturated rings. The van der Waals surface area contributed by atoms with Gasteiger partial charge in [0.2, 0.25) is 23.3 Å². The summed E-state index contributed by atoms with van der Waals surface area (Å²) in [6, 6.07) is 24.5. The third-order valence-electron chi connectivity index (χ3n) is 12.1. The molecule has 18 nitrogen and oxygen atoms in total. The molecule has 1 aliphatic rings. The Morgan fingerprint density at radius 3 is 2.19 bits per heavy atom. The molecule has 72 heavy (non-hydrogen) atoms.